The van der Waals surface area contributed by atoms with Gasteiger partial charge in [-0.25, -0.2) is 0 Å². The second-order valence-electron chi connectivity index (χ2n) is 4.45. The lowest BCUT2D eigenvalue weighted by molar-refractivity contribution is 0.0946. The Balaban J connectivity index is 1.85. The van der Waals surface area contributed by atoms with Crippen LogP contribution in [0.4, 0.5) is 0 Å². The lowest BCUT2D eigenvalue weighted by Crippen LogP contribution is -2.30. The van der Waals surface area contributed by atoms with E-state index in [0.29, 0.717) is 17.0 Å². The van der Waals surface area contributed by atoms with Crippen LogP contribution in [0.2, 0.25) is 0 Å². The summed E-state index contributed by atoms with van der Waals surface area (Å²) in [7, 11) is 0. The van der Waals surface area contributed by atoms with E-state index >= 15 is 0 Å². The number of carbonyl (C=O) groups is 1. The number of amides is 1. The summed E-state index contributed by atoms with van der Waals surface area (Å²) < 4.78 is 0. The minimum atomic E-state index is -0.0438. The number of nitriles is 1. The maximum absolute atomic E-state index is 11.9. The van der Waals surface area contributed by atoms with Crippen LogP contribution in [0.25, 0.3) is 0 Å². The van der Waals surface area contributed by atoms with Crippen molar-refractivity contribution in [2.24, 2.45) is 5.92 Å². The number of carbonyl (C=O) groups excluding carboxylic acids is 1. The molecular weight excluding hydrogens is 244 g/mol. The topological polar surface area (TPSA) is 52.9 Å². The molecule has 0 spiro atoms. The van der Waals surface area contributed by atoms with Gasteiger partial charge in [-0.15, -0.1) is 0 Å². The van der Waals surface area contributed by atoms with Gasteiger partial charge < -0.3 is 5.32 Å². The van der Waals surface area contributed by atoms with Gasteiger partial charge >= 0.3 is 0 Å². The van der Waals surface area contributed by atoms with E-state index in [2.05, 4.69) is 5.32 Å². The predicted molar refractivity (Wildman–Crippen MR) is 73.5 cm³/mol. The van der Waals surface area contributed by atoms with Crippen LogP contribution < -0.4 is 5.32 Å². The molecule has 18 heavy (non-hydrogen) atoms. The Morgan fingerprint density at radius 2 is 2.00 bits per heavy atom. The Labute approximate surface area is 112 Å². The molecule has 1 heterocycles. The number of hydrogen-bond acceptors (Lipinski definition) is 3. The predicted octanol–water partition coefficient (Wildman–Crippen LogP) is 2.43. The quantitative estimate of drug-likeness (QED) is 0.908. The molecule has 0 atom stereocenters. The summed E-state index contributed by atoms with van der Waals surface area (Å²) in [4.78, 5) is 11.9. The first-order valence-electron chi connectivity index (χ1n) is 6.15. The van der Waals surface area contributed by atoms with Crippen LogP contribution in [0, 0.1) is 17.2 Å². The van der Waals surface area contributed by atoms with E-state index in [0.717, 1.165) is 6.54 Å². The first kappa shape index (κ1) is 13.0. The number of hydrogen-bond donors (Lipinski definition) is 1. The first-order chi connectivity index (χ1) is 8.79. The Bertz CT molecular complexity index is 444. The molecule has 1 N–H and O–H groups in total. The van der Waals surface area contributed by atoms with Gasteiger partial charge in [0.15, 0.2) is 0 Å². The SMILES string of the molecule is N#Cc1ccc(C(=O)NCC2CCSCC2)cc1. The second kappa shape index (κ2) is 6.46. The highest BCUT2D eigenvalue weighted by Gasteiger charge is 2.14. The van der Waals surface area contributed by atoms with Gasteiger partial charge in [0.05, 0.1) is 11.6 Å². The molecule has 4 heteroatoms. The summed E-state index contributed by atoms with van der Waals surface area (Å²) in [5.74, 6) is 2.99. The molecular formula is C14H16N2OS. The minimum absolute atomic E-state index is 0.0438. The molecule has 0 radical (unpaired) electrons. The highest BCUT2D eigenvalue weighted by Crippen LogP contribution is 2.21. The third-order valence-corrected chi connectivity index (χ3v) is 4.22. The van der Waals surface area contributed by atoms with E-state index in [1.807, 2.05) is 17.8 Å². The molecule has 94 valence electrons. The Kier molecular flexibility index (Phi) is 4.66. The maximum atomic E-state index is 11.9. The second-order valence-corrected chi connectivity index (χ2v) is 5.68. The summed E-state index contributed by atoms with van der Waals surface area (Å²) in [6.07, 6.45) is 2.39. The average Bonchev–Trinajstić information content (AvgIpc) is 2.46. The van der Waals surface area contributed by atoms with E-state index in [9.17, 15) is 4.79 Å². The number of benzene rings is 1. The third kappa shape index (κ3) is 3.51. The molecule has 0 saturated carbocycles. The van der Waals surface area contributed by atoms with Gasteiger partial charge in [-0.1, -0.05) is 0 Å². The van der Waals surface area contributed by atoms with Crippen molar-refractivity contribution in [3.8, 4) is 6.07 Å². The van der Waals surface area contributed by atoms with Crippen LogP contribution >= 0.6 is 11.8 Å². The van der Waals surface area contributed by atoms with Gasteiger partial charge in [0, 0.05) is 12.1 Å². The number of thioether (sulfide) groups is 1. The number of nitrogens with one attached hydrogen (secondary N) is 1. The fourth-order valence-electron chi connectivity index (χ4n) is 1.99. The van der Waals surface area contributed by atoms with Crippen LogP contribution in [-0.2, 0) is 0 Å². The summed E-state index contributed by atoms with van der Waals surface area (Å²) in [6.45, 7) is 0.763. The molecule has 1 aliphatic rings. The van der Waals surface area contributed by atoms with Crippen LogP contribution in [-0.4, -0.2) is 24.0 Å². The molecule has 2 rings (SSSR count). The number of nitrogens with zero attached hydrogens (tertiary/aromatic N) is 1. The highest BCUT2D eigenvalue weighted by molar-refractivity contribution is 7.99. The van der Waals surface area contributed by atoms with Crippen LogP contribution in [0.15, 0.2) is 24.3 Å². The van der Waals surface area contributed by atoms with E-state index < -0.39 is 0 Å². The van der Waals surface area contributed by atoms with Crippen molar-refractivity contribution < 1.29 is 4.79 Å². The van der Waals surface area contributed by atoms with Crippen molar-refractivity contribution in [2.45, 2.75) is 12.8 Å². The molecule has 0 bridgehead atoms. The summed E-state index contributed by atoms with van der Waals surface area (Å²) >= 11 is 1.99. The van der Waals surface area contributed by atoms with Gasteiger partial charge in [-0.3, -0.25) is 4.79 Å². The molecule has 1 aromatic carbocycles. The Hall–Kier alpha value is -1.47. The molecule has 3 nitrogen and oxygen atoms in total. The normalized spacial score (nSPS) is 15.9. The smallest absolute Gasteiger partial charge is 0.251 e. The zero-order chi connectivity index (χ0) is 12.8. The molecule has 0 aromatic heterocycles. The van der Waals surface area contributed by atoms with E-state index in [1.54, 1.807) is 24.3 Å². The van der Waals surface area contributed by atoms with E-state index in [1.165, 1.54) is 24.3 Å². The highest BCUT2D eigenvalue weighted by atomic mass is 32.2. The minimum Gasteiger partial charge on any atom is -0.352 e. The standard InChI is InChI=1S/C14H16N2OS/c15-9-11-1-3-13(4-2-11)14(17)16-10-12-5-7-18-8-6-12/h1-4,12H,5-8,10H2,(H,16,17). The Morgan fingerprint density at radius 3 is 2.61 bits per heavy atom. The molecule has 1 fully saturated rings. The fourth-order valence-corrected chi connectivity index (χ4v) is 3.19. The summed E-state index contributed by atoms with van der Waals surface area (Å²) in [6, 6.07) is 8.79. The average molecular weight is 260 g/mol. The summed E-state index contributed by atoms with van der Waals surface area (Å²) in [5, 5.41) is 11.7. The molecule has 1 aromatic rings. The lowest BCUT2D eigenvalue weighted by atomic mass is 10.0. The van der Waals surface area contributed by atoms with Crippen molar-refractivity contribution in [1.29, 1.82) is 5.26 Å². The van der Waals surface area contributed by atoms with Gasteiger partial charge in [0.25, 0.3) is 5.91 Å². The monoisotopic (exact) mass is 260 g/mol. The fraction of sp³-hybridized carbons (Fsp3) is 0.429. The van der Waals surface area contributed by atoms with Crippen molar-refractivity contribution in [3.05, 3.63) is 35.4 Å². The molecule has 1 aliphatic heterocycles. The van der Waals surface area contributed by atoms with Crippen molar-refractivity contribution >= 4 is 17.7 Å². The van der Waals surface area contributed by atoms with Crippen LogP contribution in [0.1, 0.15) is 28.8 Å². The van der Waals surface area contributed by atoms with Gasteiger partial charge in [0.1, 0.15) is 0 Å². The molecule has 1 amide bonds. The lowest BCUT2D eigenvalue weighted by Gasteiger charge is -2.21. The van der Waals surface area contributed by atoms with Crippen molar-refractivity contribution in [2.75, 3.05) is 18.1 Å². The van der Waals surface area contributed by atoms with Gasteiger partial charge in [0.2, 0.25) is 0 Å². The molecule has 0 unspecified atom stereocenters. The van der Waals surface area contributed by atoms with E-state index in [-0.39, 0.29) is 5.91 Å². The molecule has 1 saturated heterocycles. The Morgan fingerprint density at radius 1 is 1.33 bits per heavy atom. The largest absolute Gasteiger partial charge is 0.352 e. The van der Waals surface area contributed by atoms with Gasteiger partial charge in [-0.2, -0.15) is 17.0 Å². The van der Waals surface area contributed by atoms with Crippen molar-refractivity contribution in [1.82, 2.24) is 5.32 Å². The van der Waals surface area contributed by atoms with Gasteiger partial charge in [-0.05, 0) is 54.5 Å². The third-order valence-electron chi connectivity index (χ3n) is 3.17. The zero-order valence-corrected chi connectivity index (χ0v) is 11.0. The maximum Gasteiger partial charge on any atom is 0.251 e. The van der Waals surface area contributed by atoms with E-state index in [4.69, 9.17) is 5.26 Å². The zero-order valence-electron chi connectivity index (χ0n) is 10.2. The number of rotatable bonds is 3. The van der Waals surface area contributed by atoms with Crippen LogP contribution in [0.5, 0.6) is 0 Å². The molecule has 0 aliphatic carbocycles. The first-order valence-corrected chi connectivity index (χ1v) is 7.31. The van der Waals surface area contributed by atoms with Crippen LogP contribution in [0.3, 0.4) is 0 Å². The van der Waals surface area contributed by atoms with Crippen molar-refractivity contribution in [3.63, 3.8) is 0 Å². The summed E-state index contributed by atoms with van der Waals surface area (Å²) in [5.41, 5.74) is 1.20.